The summed E-state index contributed by atoms with van der Waals surface area (Å²) in [5.41, 5.74) is 2.69. The maximum Gasteiger partial charge on any atom is 0.0439 e. The predicted octanol–water partition coefficient (Wildman–Crippen LogP) is 2.97. The molecule has 1 rings (SSSR count). The number of hydrogen-bond donors (Lipinski definition) is 2. The third-order valence-electron chi connectivity index (χ3n) is 2.56. The Morgan fingerprint density at radius 2 is 2.18 bits per heavy atom. The van der Waals surface area contributed by atoms with E-state index in [-0.39, 0.29) is 6.61 Å². The van der Waals surface area contributed by atoms with Crippen LogP contribution < -0.4 is 5.32 Å². The van der Waals surface area contributed by atoms with Crippen molar-refractivity contribution >= 4 is 11.8 Å². The fourth-order valence-electron chi connectivity index (χ4n) is 1.64. The molecule has 0 radical (unpaired) electrons. The van der Waals surface area contributed by atoms with Crippen molar-refractivity contribution in [3.8, 4) is 0 Å². The zero-order chi connectivity index (χ0) is 12.5. The molecular formula is C14H23NOS. The molecule has 3 heteroatoms. The molecule has 0 fully saturated rings. The van der Waals surface area contributed by atoms with E-state index >= 15 is 0 Å². The Balaban J connectivity index is 2.47. The normalized spacial score (nSPS) is 10.8. The molecule has 0 saturated heterocycles. The van der Waals surface area contributed by atoms with Crippen molar-refractivity contribution in [3.63, 3.8) is 0 Å². The zero-order valence-corrected chi connectivity index (χ0v) is 11.6. The number of aryl methyl sites for hydroxylation is 1. The molecule has 0 aliphatic heterocycles. The zero-order valence-electron chi connectivity index (χ0n) is 10.8. The van der Waals surface area contributed by atoms with Crippen molar-refractivity contribution in [2.75, 3.05) is 18.9 Å². The first-order valence-corrected chi connectivity index (χ1v) is 7.30. The van der Waals surface area contributed by atoms with E-state index in [2.05, 4.69) is 37.4 Å². The second-order valence-electron chi connectivity index (χ2n) is 4.20. The molecule has 1 aromatic rings. The summed E-state index contributed by atoms with van der Waals surface area (Å²) in [4.78, 5) is 1.33. The van der Waals surface area contributed by atoms with Crippen LogP contribution in [0.25, 0.3) is 0 Å². The second-order valence-corrected chi connectivity index (χ2v) is 5.34. The molecule has 2 nitrogen and oxygen atoms in total. The number of thioether (sulfide) groups is 1. The number of rotatable bonds is 8. The van der Waals surface area contributed by atoms with E-state index in [4.69, 9.17) is 5.11 Å². The van der Waals surface area contributed by atoms with Crippen LogP contribution in [0.3, 0.4) is 0 Å². The van der Waals surface area contributed by atoms with E-state index in [0.29, 0.717) is 0 Å². The molecule has 0 aliphatic carbocycles. The average molecular weight is 253 g/mol. The van der Waals surface area contributed by atoms with Gasteiger partial charge in [-0.2, -0.15) is 0 Å². The van der Waals surface area contributed by atoms with Crippen molar-refractivity contribution in [2.45, 2.75) is 38.1 Å². The first kappa shape index (κ1) is 14.6. The van der Waals surface area contributed by atoms with E-state index in [0.717, 1.165) is 25.3 Å². The number of nitrogens with one attached hydrogen (secondary N) is 1. The number of hydrogen-bond acceptors (Lipinski definition) is 3. The van der Waals surface area contributed by atoms with Gasteiger partial charge in [-0.1, -0.05) is 19.1 Å². The summed E-state index contributed by atoms with van der Waals surface area (Å²) in [6.07, 6.45) is 2.04. The summed E-state index contributed by atoms with van der Waals surface area (Å²) in [5.74, 6) is 0.991. The van der Waals surface area contributed by atoms with Crippen molar-refractivity contribution in [3.05, 3.63) is 29.3 Å². The fraction of sp³-hybridized carbons (Fsp3) is 0.571. The van der Waals surface area contributed by atoms with Gasteiger partial charge in [-0.3, -0.25) is 0 Å². The SMILES string of the molecule is CCCNCc1ccc(SCCCO)c(C)c1. The molecule has 0 aromatic heterocycles. The van der Waals surface area contributed by atoms with Crippen molar-refractivity contribution in [1.82, 2.24) is 5.32 Å². The Bertz CT molecular complexity index is 328. The Labute approximate surface area is 109 Å². The summed E-state index contributed by atoms with van der Waals surface area (Å²) >= 11 is 1.83. The highest BCUT2D eigenvalue weighted by Crippen LogP contribution is 2.23. The molecule has 96 valence electrons. The quantitative estimate of drug-likeness (QED) is 0.552. The van der Waals surface area contributed by atoms with Crippen LogP contribution in [-0.2, 0) is 6.54 Å². The van der Waals surface area contributed by atoms with Crippen LogP contribution in [0, 0.1) is 6.92 Å². The van der Waals surface area contributed by atoms with Crippen LogP contribution in [0.1, 0.15) is 30.9 Å². The monoisotopic (exact) mass is 253 g/mol. The van der Waals surface area contributed by atoms with Gasteiger partial charge in [0.1, 0.15) is 0 Å². The van der Waals surface area contributed by atoms with E-state index < -0.39 is 0 Å². The number of benzene rings is 1. The van der Waals surface area contributed by atoms with Gasteiger partial charge in [0.25, 0.3) is 0 Å². The van der Waals surface area contributed by atoms with E-state index in [9.17, 15) is 0 Å². The van der Waals surface area contributed by atoms with Crippen LogP contribution in [-0.4, -0.2) is 24.0 Å². The van der Waals surface area contributed by atoms with Gasteiger partial charge >= 0.3 is 0 Å². The molecule has 0 atom stereocenters. The molecule has 0 bridgehead atoms. The minimum atomic E-state index is 0.283. The predicted molar refractivity (Wildman–Crippen MR) is 75.6 cm³/mol. The standard InChI is InChI=1S/C14H23NOS/c1-3-7-15-11-13-5-6-14(12(2)10-13)17-9-4-8-16/h5-6,10,15-16H,3-4,7-9,11H2,1-2H3. The van der Waals surface area contributed by atoms with Gasteiger partial charge in [-0.15, -0.1) is 11.8 Å². The Kier molecular flexibility index (Phi) is 7.33. The van der Waals surface area contributed by atoms with Crippen LogP contribution in [0.2, 0.25) is 0 Å². The van der Waals surface area contributed by atoms with Gasteiger partial charge in [0, 0.05) is 23.8 Å². The fourth-order valence-corrected chi connectivity index (χ4v) is 2.58. The Morgan fingerprint density at radius 1 is 1.35 bits per heavy atom. The first-order valence-electron chi connectivity index (χ1n) is 6.31. The minimum absolute atomic E-state index is 0.283. The van der Waals surface area contributed by atoms with Gasteiger partial charge in [-0.05, 0) is 43.5 Å². The molecule has 0 heterocycles. The van der Waals surface area contributed by atoms with E-state index in [1.165, 1.54) is 22.4 Å². The van der Waals surface area contributed by atoms with Gasteiger partial charge in [0.15, 0.2) is 0 Å². The van der Waals surface area contributed by atoms with Crippen LogP contribution >= 0.6 is 11.8 Å². The second kappa shape index (κ2) is 8.56. The molecule has 0 saturated carbocycles. The van der Waals surface area contributed by atoms with E-state index in [1.807, 2.05) is 11.8 Å². The molecular weight excluding hydrogens is 230 g/mol. The number of aliphatic hydroxyl groups excluding tert-OH is 1. The lowest BCUT2D eigenvalue weighted by Crippen LogP contribution is -2.13. The summed E-state index contributed by atoms with van der Waals surface area (Å²) in [6, 6.07) is 6.64. The summed E-state index contributed by atoms with van der Waals surface area (Å²) < 4.78 is 0. The van der Waals surface area contributed by atoms with Crippen LogP contribution in [0.15, 0.2) is 23.1 Å². The maximum atomic E-state index is 8.76. The highest BCUT2D eigenvalue weighted by Gasteiger charge is 2.00. The summed E-state index contributed by atoms with van der Waals surface area (Å²) in [7, 11) is 0. The van der Waals surface area contributed by atoms with Crippen molar-refractivity contribution in [1.29, 1.82) is 0 Å². The molecule has 1 aromatic carbocycles. The third kappa shape index (κ3) is 5.57. The van der Waals surface area contributed by atoms with Crippen molar-refractivity contribution < 1.29 is 5.11 Å². The molecule has 2 N–H and O–H groups in total. The highest BCUT2D eigenvalue weighted by atomic mass is 32.2. The average Bonchev–Trinajstić information content (AvgIpc) is 2.32. The van der Waals surface area contributed by atoms with Crippen LogP contribution in [0.5, 0.6) is 0 Å². The number of aliphatic hydroxyl groups is 1. The maximum absolute atomic E-state index is 8.76. The molecule has 0 aliphatic rings. The molecule has 0 amide bonds. The highest BCUT2D eigenvalue weighted by molar-refractivity contribution is 7.99. The largest absolute Gasteiger partial charge is 0.396 e. The first-order chi connectivity index (χ1) is 8.27. The Hall–Kier alpha value is -0.510. The molecule has 17 heavy (non-hydrogen) atoms. The lowest BCUT2D eigenvalue weighted by Gasteiger charge is -2.08. The van der Waals surface area contributed by atoms with Gasteiger partial charge in [0.2, 0.25) is 0 Å². The minimum Gasteiger partial charge on any atom is -0.396 e. The summed E-state index contributed by atoms with van der Waals surface area (Å²) in [5, 5.41) is 12.2. The summed E-state index contributed by atoms with van der Waals surface area (Å²) in [6.45, 7) is 6.65. The van der Waals surface area contributed by atoms with Gasteiger partial charge < -0.3 is 10.4 Å². The van der Waals surface area contributed by atoms with Gasteiger partial charge in [-0.25, -0.2) is 0 Å². The van der Waals surface area contributed by atoms with Gasteiger partial charge in [0.05, 0.1) is 0 Å². The van der Waals surface area contributed by atoms with Crippen molar-refractivity contribution in [2.24, 2.45) is 0 Å². The van der Waals surface area contributed by atoms with E-state index in [1.54, 1.807) is 0 Å². The smallest absolute Gasteiger partial charge is 0.0439 e. The molecule has 0 unspecified atom stereocenters. The molecule has 0 spiro atoms. The third-order valence-corrected chi connectivity index (χ3v) is 3.82. The Morgan fingerprint density at radius 3 is 2.82 bits per heavy atom. The lowest BCUT2D eigenvalue weighted by molar-refractivity contribution is 0.296. The topological polar surface area (TPSA) is 32.3 Å². The van der Waals surface area contributed by atoms with Crippen LogP contribution in [0.4, 0.5) is 0 Å². The lowest BCUT2D eigenvalue weighted by atomic mass is 10.1.